The molecule has 0 amide bonds. The van der Waals surface area contributed by atoms with Crippen LogP contribution in [0.3, 0.4) is 0 Å². The van der Waals surface area contributed by atoms with Gasteiger partial charge in [-0.3, -0.25) is 4.79 Å². The van der Waals surface area contributed by atoms with Gasteiger partial charge in [-0.25, -0.2) is 0 Å². The summed E-state index contributed by atoms with van der Waals surface area (Å²) in [5.74, 6) is 0. The number of halogens is 3. The van der Waals surface area contributed by atoms with Gasteiger partial charge in [0.05, 0.1) is 6.04 Å². The van der Waals surface area contributed by atoms with Crippen LogP contribution in [0.2, 0.25) is 0 Å². The van der Waals surface area contributed by atoms with Crippen LogP contribution in [0, 0.1) is 0 Å². The van der Waals surface area contributed by atoms with Crippen LogP contribution in [0.1, 0.15) is 17.3 Å². The molecule has 0 aliphatic heterocycles. The maximum absolute atomic E-state index is 13.0. The number of nitrogens with one attached hydrogen (secondary N) is 1. The van der Waals surface area contributed by atoms with E-state index in [4.69, 9.17) is 0 Å². The fraction of sp³-hybridized carbons (Fsp3) is 0.267. The first-order chi connectivity index (χ1) is 9.93. The van der Waals surface area contributed by atoms with Crippen LogP contribution < -0.4 is 10.9 Å². The lowest BCUT2D eigenvalue weighted by molar-refractivity contribution is -0.144. The molecule has 21 heavy (non-hydrogen) atoms. The van der Waals surface area contributed by atoms with E-state index < -0.39 is 17.4 Å². The zero-order valence-electron chi connectivity index (χ0n) is 11.4. The van der Waals surface area contributed by atoms with Gasteiger partial charge in [0.2, 0.25) is 0 Å². The van der Waals surface area contributed by atoms with Crippen LogP contribution in [0.4, 0.5) is 13.2 Å². The summed E-state index contributed by atoms with van der Waals surface area (Å²) >= 11 is 0. The topological polar surface area (TPSA) is 34.0 Å². The van der Waals surface area contributed by atoms with E-state index >= 15 is 0 Å². The minimum absolute atomic E-state index is 0.0883. The number of hydrogen-bond acceptors (Lipinski definition) is 2. The molecule has 2 rings (SSSR count). The first-order valence-electron chi connectivity index (χ1n) is 6.42. The fourth-order valence-electron chi connectivity index (χ4n) is 2.19. The molecular formula is C15H15F3N2O. The van der Waals surface area contributed by atoms with E-state index in [2.05, 4.69) is 5.32 Å². The van der Waals surface area contributed by atoms with Gasteiger partial charge in [-0.2, -0.15) is 13.2 Å². The number of nitrogens with zero attached hydrogens (tertiary/aromatic N) is 1. The van der Waals surface area contributed by atoms with Crippen LogP contribution in [-0.2, 0) is 12.7 Å². The second kappa shape index (κ2) is 6.13. The highest BCUT2D eigenvalue weighted by Crippen LogP contribution is 2.29. The maximum Gasteiger partial charge on any atom is 0.431 e. The van der Waals surface area contributed by atoms with E-state index in [-0.39, 0.29) is 12.6 Å². The molecule has 1 heterocycles. The Hall–Kier alpha value is -2.08. The SMILES string of the molecule is CNC(Cn1c(C(F)(F)F)cccc1=O)c1ccccc1. The third kappa shape index (κ3) is 3.52. The Balaban J connectivity index is 2.41. The number of likely N-dealkylation sites (N-methyl/N-ethyl adjacent to an activating group) is 1. The van der Waals surface area contributed by atoms with E-state index in [9.17, 15) is 18.0 Å². The van der Waals surface area contributed by atoms with Gasteiger partial charge in [-0.15, -0.1) is 0 Å². The molecule has 0 fully saturated rings. The second-order valence-electron chi connectivity index (χ2n) is 4.61. The average molecular weight is 296 g/mol. The first kappa shape index (κ1) is 15.3. The van der Waals surface area contributed by atoms with E-state index in [1.807, 2.05) is 18.2 Å². The predicted octanol–water partition coefficient (Wildman–Crippen LogP) is 2.83. The second-order valence-corrected chi connectivity index (χ2v) is 4.61. The third-order valence-electron chi connectivity index (χ3n) is 3.26. The number of aromatic nitrogens is 1. The van der Waals surface area contributed by atoms with Gasteiger partial charge in [0.1, 0.15) is 5.69 Å². The van der Waals surface area contributed by atoms with Crippen molar-refractivity contribution in [3.8, 4) is 0 Å². The number of pyridine rings is 1. The Bertz CT molecular complexity index is 650. The number of hydrogen-bond donors (Lipinski definition) is 1. The Morgan fingerprint density at radius 3 is 2.33 bits per heavy atom. The Labute approximate surface area is 120 Å². The first-order valence-corrected chi connectivity index (χ1v) is 6.42. The molecule has 1 atom stereocenters. The van der Waals surface area contributed by atoms with Gasteiger partial charge in [0.15, 0.2) is 0 Å². The van der Waals surface area contributed by atoms with Crippen molar-refractivity contribution in [3.05, 3.63) is 70.1 Å². The quantitative estimate of drug-likeness (QED) is 0.941. The van der Waals surface area contributed by atoms with E-state index in [0.717, 1.165) is 28.3 Å². The van der Waals surface area contributed by atoms with Crippen LogP contribution in [0.15, 0.2) is 53.3 Å². The Morgan fingerprint density at radius 1 is 1.10 bits per heavy atom. The Morgan fingerprint density at radius 2 is 1.76 bits per heavy atom. The van der Waals surface area contributed by atoms with Crippen molar-refractivity contribution >= 4 is 0 Å². The van der Waals surface area contributed by atoms with Gasteiger partial charge in [0, 0.05) is 12.6 Å². The fourth-order valence-corrected chi connectivity index (χ4v) is 2.19. The molecule has 1 N–H and O–H groups in total. The molecule has 0 spiro atoms. The van der Waals surface area contributed by atoms with E-state index in [1.54, 1.807) is 19.2 Å². The normalized spacial score (nSPS) is 13.1. The number of alkyl halides is 3. The van der Waals surface area contributed by atoms with Crippen molar-refractivity contribution in [3.63, 3.8) is 0 Å². The largest absolute Gasteiger partial charge is 0.431 e. The lowest BCUT2D eigenvalue weighted by Gasteiger charge is -2.21. The van der Waals surface area contributed by atoms with Crippen molar-refractivity contribution in [2.45, 2.75) is 18.8 Å². The lowest BCUT2D eigenvalue weighted by atomic mass is 10.1. The smallest absolute Gasteiger partial charge is 0.312 e. The zero-order chi connectivity index (χ0) is 15.5. The summed E-state index contributed by atoms with van der Waals surface area (Å²) in [6.45, 7) is -0.0883. The monoisotopic (exact) mass is 296 g/mol. The average Bonchev–Trinajstić information content (AvgIpc) is 2.45. The molecule has 0 aliphatic rings. The minimum atomic E-state index is -4.56. The van der Waals surface area contributed by atoms with Crippen LogP contribution in [0.25, 0.3) is 0 Å². The van der Waals surface area contributed by atoms with Crippen molar-refractivity contribution in [2.24, 2.45) is 0 Å². The van der Waals surface area contributed by atoms with Crippen LogP contribution >= 0.6 is 0 Å². The van der Waals surface area contributed by atoms with Gasteiger partial charge in [-0.05, 0) is 18.7 Å². The third-order valence-corrected chi connectivity index (χ3v) is 3.26. The predicted molar refractivity (Wildman–Crippen MR) is 73.9 cm³/mol. The molecule has 0 saturated carbocycles. The summed E-state index contributed by atoms with van der Waals surface area (Å²) in [4.78, 5) is 11.8. The standard InChI is InChI=1S/C15H15F3N2O/c1-19-12(11-6-3-2-4-7-11)10-20-13(15(16,17)18)8-5-9-14(20)21/h2-9,12,19H,10H2,1H3. The summed E-state index contributed by atoms with van der Waals surface area (Å²) in [6, 6.07) is 11.8. The highest BCUT2D eigenvalue weighted by atomic mass is 19.4. The molecule has 0 radical (unpaired) electrons. The molecule has 112 valence electrons. The summed E-state index contributed by atoms with van der Waals surface area (Å²) < 4.78 is 39.8. The van der Waals surface area contributed by atoms with Crippen molar-refractivity contribution in [1.29, 1.82) is 0 Å². The number of rotatable bonds is 4. The lowest BCUT2D eigenvalue weighted by Crippen LogP contribution is -2.32. The van der Waals surface area contributed by atoms with Crippen molar-refractivity contribution in [1.82, 2.24) is 9.88 Å². The van der Waals surface area contributed by atoms with Gasteiger partial charge >= 0.3 is 6.18 Å². The molecule has 2 aromatic rings. The van der Waals surface area contributed by atoms with Gasteiger partial charge in [0.25, 0.3) is 5.56 Å². The Kier molecular flexibility index (Phi) is 4.47. The molecule has 3 nitrogen and oxygen atoms in total. The van der Waals surface area contributed by atoms with E-state index in [1.165, 1.54) is 0 Å². The maximum atomic E-state index is 13.0. The summed E-state index contributed by atoms with van der Waals surface area (Å²) in [7, 11) is 1.65. The highest BCUT2D eigenvalue weighted by Gasteiger charge is 2.34. The molecule has 1 unspecified atom stereocenters. The molecule has 0 saturated heterocycles. The minimum Gasteiger partial charge on any atom is -0.312 e. The highest BCUT2D eigenvalue weighted by molar-refractivity contribution is 5.19. The van der Waals surface area contributed by atoms with Crippen molar-refractivity contribution < 1.29 is 13.2 Å². The molecule has 1 aromatic carbocycles. The summed E-state index contributed by atoms with van der Waals surface area (Å²) in [6.07, 6.45) is -4.56. The van der Waals surface area contributed by atoms with Gasteiger partial charge in [-0.1, -0.05) is 36.4 Å². The van der Waals surface area contributed by atoms with Crippen LogP contribution in [0.5, 0.6) is 0 Å². The summed E-state index contributed by atoms with van der Waals surface area (Å²) in [5.41, 5.74) is -0.781. The summed E-state index contributed by atoms with van der Waals surface area (Å²) in [5, 5.41) is 2.95. The zero-order valence-corrected chi connectivity index (χ0v) is 11.4. The molecule has 0 bridgehead atoms. The molecular weight excluding hydrogens is 281 g/mol. The van der Waals surface area contributed by atoms with E-state index in [0.29, 0.717) is 0 Å². The van der Waals surface area contributed by atoms with Gasteiger partial charge < -0.3 is 9.88 Å². The number of benzene rings is 1. The molecule has 0 aliphatic carbocycles. The molecule has 6 heteroatoms. The van der Waals surface area contributed by atoms with Crippen molar-refractivity contribution in [2.75, 3.05) is 7.05 Å². The van der Waals surface area contributed by atoms with Crippen LogP contribution in [-0.4, -0.2) is 11.6 Å². The molecule has 1 aromatic heterocycles.